The number of carboxylic acid groups (broad SMARTS) is 1. The molecule has 1 amide bonds. The Kier molecular flexibility index (Phi) is 5.38. The number of hydrogen-bond acceptors (Lipinski definition) is 2. The maximum absolute atomic E-state index is 12.7. The molecule has 0 aliphatic carbocycles. The van der Waals surface area contributed by atoms with Gasteiger partial charge in [0.1, 0.15) is 0 Å². The molecule has 2 N–H and O–H groups in total. The van der Waals surface area contributed by atoms with Gasteiger partial charge in [-0.25, -0.2) is 0 Å². The van der Waals surface area contributed by atoms with Gasteiger partial charge in [-0.15, -0.1) is 0 Å². The highest BCUT2D eigenvalue weighted by Gasteiger charge is 2.34. The van der Waals surface area contributed by atoms with Gasteiger partial charge in [0.05, 0.1) is 16.3 Å². The first kappa shape index (κ1) is 16.3. The lowest BCUT2D eigenvalue weighted by Crippen LogP contribution is -2.17. The molecule has 0 spiro atoms. The molecule has 1 rings (SSSR count). The first-order valence-corrected chi connectivity index (χ1v) is 5.97. The Hall–Kier alpha value is -1.76. The average Bonchev–Trinajstić information content (AvgIpc) is 2.29. The topological polar surface area (TPSA) is 66.4 Å². The van der Waals surface area contributed by atoms with E-state index in [2.05, 4.69) is 5.32 Å². The molecular formula is C12H11ClF3NO3. The van der Waals surface area contributed by atoms with Crippen molar-refractivity contribution >= 4 is 29.2 Å². The van der Waals surface area contributed by atoms with Crippen LogP contribution in [-0.4, -0.2) is 17.0 Å². The lowest BCUT2D eigenvalue weighted by Gasteiger charge is -2.15. The first-order valence-electron chi connectivity index (χ1n) is 5.59. The molecule has 1 aromatic carbocycles. The van der Waals surface area contributed by atoms with Crippen molar-refractivity contribution in [1.29, 1.82) is 0 Å². The van der Waals surface area contributed by atoms with E-state index in [1.165, 1.54) is 6.07 Å². The third kappa shape index (κ3) is 4.73. The van der Waals surface area contributed by atoms with E-state index in [0.717, 1.165) is 12.1 Å². The molecule has 4 nitrogen and oxygen atoms in total. The van der Waals surface area contributed by atoms with Crippen molar-refractivity contribution in [2.24, 2.45) is 0 Å². The molecule has 0 bridgehead atoms. The smallest absolute Gasteiger partial charge is 0.418 e. The summed E-state index contributed by atoms with van der Waals surface area (Å²) >= 11 is 5.66. The fourth-order valence-corrected chi connectivity index (χ4v) is 1.71. The fourth-order valence-electron chi connectivity index (χ4n) is 1.49. The fraction of sp³-hybridized carbons (Fsp3) is 0.333. The minimum Gasteiger partial charge on any atom is -0.481 e. The van der Waals surface area contributed by atoms with E-state index in [1.807, 2.05) is 0 Å². The zero-order chi connectivity index (χ0) is 15.3. The van der Waals surface area contributed by atoms with Gasteiger partial charge in [-0.3, -0.25) is 9.59 Å². The molecule has 0 heterocycles. The predicted octanol–water partition coefficient (Wildman–Crippen LogP) is 3.55. The zero-order valence-electron chi connectivity index (χ0n) is 10.1. The summed E-state index contributed by atoms with van der Waals surface area (Å²) in [6, 6.07) is 3.16. The lowest BCUT2D eigenvalue weighted by molar-refractivity contribution is -0.137. The van der Waals surface area contributed by atoms with E-state index >= 15 is 0 Å². The van der Waals surface area contributed by atoms with Crippen molar-refractivity contribution in [2.45, 2.75) is 25.4 Å². The van der Waals surface area contributed by atoms with E-state index in [-0.39, 0.29) is 24.3 Å². The van der Waals surface area contributed by atoms with Crippen LogP contribution in [0, 0.1) is 0 Å². The number of nitrogens with one attached hydrogen (secondary N) is 1. The standard InChI is InChI=1S/C12H11ClF3NO3/c13-8-4-1-3-7(12(14,15)16)11(8)17-9(18)5-2-6-10(19)20/h1,3-4H,2,5-6H2,(H,17,18)(H,19,20). The number of anilines is 1. The van der Waals surface area contributed by atoms with E-state index in [1.54, 1.807) is 0 Å². The summed E-state index contributed by atoms with van der Waals surface area (Å²) in [4.78, 5) is 21.8. The van der Waals surface area contributed by atoms with Gasteiger partial charge in [0.15, 0.2) is 0 Å². The summed E-state index contributed by atoms with van der Waals surface area (Å²) in [5.74, 6) is -1.80. The summed E-state index contributed by atoms with van der Waals surface area (Å²) in [7, 11) is 0. The van der Waals surface area contributed by atoms with Crippen LogP contribution in [0.3, 0.4) is 0 Å². The van der Waals surface area contributed by atoms with Crippen molar-refractivity contribution in [3.8, 4) is 0 Å². The molecule has 0 saturated heterocycles. The maximum Gasteiger partial charge on any atom is 0.418 e. The Bertz CT molecular complexity index is 517. The minimum atomic E-state index is -4.64. The van der Waals surface area contributed by atoms with Gasteiger partial charge in [0.2, 0.25) is 5.91 Å². The van der Waals surface area contributed by atoms with Crippen LogP contribution in [0.25, 0.3) is 0 Å². The monoisotopic (exact) mass is 309 g/mol. The SMILES string of the molecule is O=C(O)CCCC(=O)Nc1c(Cl)cccc1C(F)(F)F. The highest BCUT2D eigenvalue weighted by molar-refractivity contribution is 6.34. The molecule has 8 heteroatoms. The summed E-state index contributed by atoms with van der Waals surface area (Å²) < 4.78 is 38.2. The lowest BCUT2D eigenvalue weighted by atomic mass is 10.1. The number of amides is 1. The summed E-state index contributed by atoms with van der Waals surface area (Å²) in [5.41, 5.74) is -1.56. The van der Waals surface area contributed by atoms with E-state index in [9.17, 15) is 22.8 Å². The van der Waals surface area contributed by atoms with Gasteiger partial charge < -0.3 is 10.4 Å². The second kappa shape index (κ2) is 6.60. The Morgan fingerprint density at radius 1 is 1.25 bits per heavy atom. The molecule has 0 aliphatic heterocycles. The number of alkyl halides is 3. The van der Waals surface area contributed by atoms with Gasteiger partial charge in [0.25, 0.3) is 0 Å². The van der Waals surface area contributed by atoms with Gasteiger partial charge in [-0.2, -0.15) is 13.2 Å². The average molecular weight is 310 g/mol. The van der Waals surface area contributed by atoms with E-state index in [0.29, 0.717) is 0 Å². The number of carboxylic acids is 1. The van der Waals surface area contributed by atoms with Gasteiger partial charge in [-0.1, -0.05) is 17.7 Å². The Labute approximate surface area is 117 Å². The molecule has 0 aliphatic rings. The number of benzene rings is 1. The largest absolute Gasteiger partial charge is 0.481 e. The number of halogens is 4. The van der Waals surface area contributed by atoms with Gasteiger partial charge in [0, 0.05) is 12.8 Å². The number of carbonyl (C=O) groups is 2. The molecular weight excluding hydrogens is 299 g/mol. The van der Waals surface area contributed by atoms with Crippen LogP contribution >= 0.6 is 11.6 Å². The molecule has 110 valence electrons. The third-order valence-electron chi connectivity index (χ3n) is 2.38. The van der Waals surface area contributed by atoms with Crippen LogP contribution in [-0.2, 0) is 15.8 Å². The Morgan fingerprint density at radius 3 is 2.45 bits per heavy atom. The van der Waals surface area contributed by atoms with Crippen molar-refractivity contribution in [1.82, 2.24) is 0 Å². The Balaban J connectivity index is 2.81. The normalized spacial score (nSPS) is 11.2. The van der Waals surface area contributed by atoms with Crippen molar-refractivity contribution in [3.05, 3.63) is 28.8 Å². The molecule has 20 heavy (non-hydrogen) atoms. The quantitative estimate of drug-likeness (QED) is 0.874. The van der Waals surface area contributed by atoms with Crippen molar-refractivity contribution < 1.29 is 27.9 Å². The van der Waals surface area contributed by atoms with E-state index in [4.69, 9.17) is 16.7 Å². The number of aliphatic carboxylic acids is 1. The molecule has 0 aromatic heterocycles. The Morgan fingerprint density at radius 2 is 1.90 bits per heavy atom. The number of carbonyl (C=O) groups excluding carboxylic acids is 1. The van der Waals surface area contributed by atoms with E-state index < -0.39 is 29.3 Å². The van der Waals surface area contributed by atoms with Crippen LogP contribution in [0.5, 0.6) is 0 Å². The van der Waals surface area contributed by atoms with Crippen LogP contribution in [0.1, 0.15) is 24.8 Å². The van der Waals surface area contributed by atoms with Gasteiger partial charge in [-0.05, 0) is 18.6 Å². The molecule has 0 unspecified atom stereocenters. The summed E-state index contributed by atoms with van der Waals surface area (Å²) in [5, 5.41) is 10.3. The molecule has 0 atom stereocenters. The minimum absolute atomic E-state index is 0.0347. The highest BCUT2D eigenvalue weighted by Crippen LogP contribution is 2.38. The third-order valence-corrected chi connectivity index (χ3v) is 2.69. The maximum atomic E-state index is 12.7. The molecule has 1 aromatic rings. The molecule has 0 radical (unpaired) electrons. The second-order valence-corrected chi connectivity index (χ2v) is 4.36. The second-order valence-electron chi connectivity index (χ2n) is 3.96. The predicted molar refractivity (Wildman–Crippen MR) is 66.6 cm³/mol. The van der Waals surface area contributed by atoms with Crippen LogP contribution in [0.4, 0.5) is 18.9 Å². The van der Waals surface area contributed by atoms with Crippen LogP contribution in [0.2, 0.25) is 5.02 Å². The number of hydrogen-bond donors (Lipinski definition) is 2. The number of para-hydroxylation sites is 1. The zero-order valence-corrected chi connectivity index (χ0v) is 10.9. The number of rotatable bonds is 5. The molecule has 0 saturated carbocycles. The highest BCUT2D eigenvalue weighted by atomic mass is 35.5. The van der Waals surface area contributed by atoms with Crippen LogP contribution in [0.15, 0.2) is 18.2 Å². The van der Waals surface area contributed by atoms with Gasteiger partial charge >= 0.3 is 12.1 Å². The first-order chi connectivity index (χ1) is 9.21. The van der Waals surface area contributed by atoms with Crippen molar-refractivity contribution in [3.63, 3.8) is 0 Å². The summed E-state index contributed by atoms with van der Waals surface area (Å²) in [6.45, 7) is 0. The summed E-state index contributed by atoms with van der Waals surface area (Å²) in [6.07, 6.45) is -5.04. The molecule has 0 fully saturated rings. The van der Waals surface area contributed by atoms with Crippen LogP contribution < -0.4 is 5.32 Å². The van der Waals surface area contributed by atoms with Crippen molar-refractivity contribution in [2.75, 3.05) is 5.32 Å².